The molecular formula is C23H21BrN2O6. The number of ether oxygens (including phenoxy) is 2. The second kappa shape index (κ2) is 10.8. The molecule has 0 aromatic heterocycles. The Morgan fingerprint density at radius 3 is 2.38 bits per heavy atom. The highest BCUT2D eigenvalue weighted by Gasteiger charge is 2.28. The van der Waals surface area contributed by atoms with Gasteiger partial charge >= 0.3 is 6.09 Å². The van der Waals surface area contributed by atoms with E-state index < -0.39 is 24.2 Å². The van der Waals surface area contributed by atoms with Crippen LogP contribution in [0.5, 0.6) is 5.75 Å². The average molecular weight is 501 g/mol. The number of aromatic hydroxyl groups is 1. The molecule has 9 heteroatoms. The number of benzene rings is 3. The van der Waals surface area contributed by atoms with Crippen LogP contribution in [0.2, 0.25) is 0 Å². The highest BCUT2D eigenvalue weighted by atomic mass is 79.9. The second-order valence-corrected chi connectivity index (χ2v) is 7.63. The summed E-state index contributed by atoms with van der Waals surface area (Å²) in [6, 6.07) is 17.2. The molecule has 0 bridgehead atoms. The van der Waals surface area contributed by atoms with Gasteiger partial charge in [-0.15, -0.1) is 0 Å². The van der Waals surface area contributed by atoms with Crippen molar-refractivity contribution in [2.24, 2.45) is 0 Å². The molecule has 0 spiro atoms. The standard InChI is InChI=1S/C23H21BrN2O6/c1-31-20(12-13-21(28)26-30)22(32-23(29)25-15-8-6-14(24)7-9-15)18-10-11-19(27)17-5-3-2-4-16(17)18/h2-13,20,22,27,30H,1H3,(H,25,29)(H,26,28)/b13-12+/t20-,22-/m0/s1. The first-order chi connectivity index (χ1) is 15.4. The fraction of sp³-hybridized carbons (Fsp3) is 0.130. The maximum absolute atomic E-state index is 12.7. The Kier molecular flexibility index (Phi) is 7.82. The summed E-state index contributed by atoms with van der Waals surface area (Å²) < 4.78 is 12.1. The van der Waals surface area contributed by atoms with E-state index in [2.05, 4.69) is 21.2 Å². The highest BCUT2D eigenvalue weighted by Crippen LogP contribution is 2.35. The summed E-state index contributed by atoms with van der Waals surface area (Å²) in [5.41, 5.74) is 2.59. The van der Waals surface area contributed by atoms with E-state index >= 15 is 0 Å². The predicted molar refractivity (Wildman–Crippen MR) is 122 cm³/mol. The molecule has 0 aliphatic rings. The minimum Gasteiger partial charge on any atom is -0.507 e. The Hall–Kier alpha value is -3.40. The molecule has 0 heterocycles. The van der Waals surface area contributed by atoms with Gasteiger partial charge in [-0.1, -0.05) is 46.3 Å². The van der Waals surface area contributed by atoms with Crippen molar-refractivity contribution in [3.63, 3.8) is 0 Å². The van der Waals surface area contributed by atoms with Crippen LogP contribution in [-0.2, 0) is 14.3 Å². The molecule has 3 rings (SSSR count). The number of fused-ring (bicyclic) bond motifs is 1. The van der Waals surface area contributed by atoms with Crippen molar-refractivity contribution in [1.82, 2.24) is 5.48 Å². The van der Waals surface area contributed by atoms with Gasteiger partial charge in [0, 0.05) is 34.3 Å². The number of hydrogen-bond acceptors (Lipinski definition) is 6. The molecule has 8 nitrogen and oxygen atoms in total. The zero-order valence-electron chi connectivity index (χ0n) is 17.0. The van der Waals surface area contributed by atoms with Crippen molar-refractivity contribution in [2.75, 3.05) is 12.4 Å². The Balaban J connectivity index is 1.98. The fourth-order valence-corrected chi connectivity index (χ4v) is 3.44. The van der Waals surface area contributed by atoms with Gasteiger partial charge in [-0.3, -0.25) is 15.3 Å². The van der Waals surface area contributed by atoms with Gasteiger partial charge < -0.3 is 14.6 Å². The van der Waals surface area contributed by atoms with Crippen LogP contribution in [0, 0.1) is 0 Å². The predicted octanol–water partition coefficient (Wildman–Crippen LogP) is 4.67. The average Bonchev–Trinajstić information content (AvgIpc) is 2.80. The molecule has 0 aliphatic heterocycles. The Morgan fingerprint density at radius 1 is 1.03 bits per heavy atom. The molecular weight excluding hydrogens is 480 g/mol. The monoisotopic (exact) mass is 500 g/mol. The molecule has 0 fully saturated rings. The molecule has 0 aliphatic carbocycles. The summed E-state index contributed by atoms with van der Waals surface area (Å²) in [6.07, 6.45) is -0.166. The minimum absolute atomic E-state index is 0.0755. The van der Waals surface area contributed by atoms with Crippen molar-refractivity contribution in [3.05, 3.63) is 82.9 Å². The van der Waals surface area contributed by atoms with Crippen LogP contribution in [0.4, 0.5) is 10.5 Å². The molecule has 2 amide bonds. The number of phenols is 1. The summed E-state index contributed by atoms with van der Waals surface area (Å²) in [6.45, 7) is 0. The van der Waals surface area contributed by atoms with Gasteiger partial charge in [0.15, 0.2) is 6.10 Å². The van der Waals surface area contributed by atoms with E-state index in [4.69, 9.17) is 14.7 Å². The normalized spacial score (nSPS) is 13.0. The highest BCUT2D eigenvalue weighted by molar-refractivity contribution is 9.10. The van der Waals surface area contributed by atoms with Crippen LogP contribution in [0.3, 0.4) is 0 Å². The summed E-state index contributed by atoms with van der Waals surface area (Å²) in [5.74, 6) is -0.688. The minimum atomic E-state index is -0.983. The molecule has 0 saturated heterocycles. The maximum atomic E-state index is 12.7. The number of amides is 2. The first kappa shape index (κ1) is 23.3. The summed E-state index contributed by atoms with van der Waals surface area (Å²) in [4.78, 5) is 24.2. The largest absolute Gasteiger partial charge is 0.507 e. The fourth-order valence-electron chi connectivity index (χ4n) is 3.18. The van der Waals surface area contributed by atoms with Gasteiger partial charge in [0.25, 0.3) is 5.91 Å². The Labute approximate surface area is 192 Å². The molecule has 2 atom stereocenters. The van der Waals surface area contributed by atoms with E-state index in [0.717, 1.165) is 10.5 Å². The molecule has 32 heavy (non-hydrogen) atoms. The third kappa shape index (κ3) is 5.64. The Bertz CT molecular complexity index is 1130. The molecule has 4 N–H and O–H groups in total. The van der Waals surface area contributed by atoms with Gasteiger partial charge in [-0.2, -0.15) is 0 Å². The van der Waals surface area contributed by atoms with Gasteiger partial charge in [-0.25, -0.2) is 10.3 Å². The summed E-state index contributed by atoms with van der Waals surface area (Å²) in [5, 5.41) is 22.9. The van der Waals surface area contributed by atoms with Gasteiger partial charge in [0.2, 0.25) is 0 Å². The lowest BCUT2D eigenvalue weighted by Gasteiger charge is -2.25. The third-order valence-electron chi connectivity index (χ3n) is 4.68. The van der Waals surface area contributed by atoms with Crippen LogP contribution in [0.15, 0.2) is 77.3 Å². The SMILES string of the molecule is CO[C@@H](/C=C/C(=O)NO)[C@@H](OC(=O)Nc1ccc(Br)cc1)c1ccc(O)c2ccccc12. The lowest BCUT2D eigenvalue weighted by molar-refractivity contribution is -0.124. The number of methoxy groups -OCH3 is 1. The van der Waals surface area contributed by atoms with E-state index in [1.54, 1.807) is 54.6 Å². The maximum Gasteiger partial charge on any atom is 0.412 e. The summed E-state index contributed by atoms with van der Waals surface area (Å²) >= 11 is 3.34. The van der Waals surface area contributed by atoms with E-state index in [-0.39, 0.29) is 5.75 Å². The van der Waals surface area contributed by atoms with Crippen molar-refractivity contribution in [2.45, 2.75) is 12.2 Å². The number of anilines is 1. The van der Waals surface area contributed by atoms with Crippen molar-refractivity contribution in [1.29, 1.82) is 0 Å². The van der Waals surface area contributed by atoms with Crippen molar-refractivity contribution >= 4 is 44.4 Å². The molecule has 3 aromatic rings. The van der Waals surface area contributed by atoms with Crippen LogP contribution in [-0.4, -0.2) is 35.5 Å². The molecule has 166 valence electrons. The molecule has 0 radical (unpaired) electrons. The third-order valence-corrected chi connectivity index (χ3v) is 5.21. The smallest absolute Gasteiger partial charge is 0.412 e. The summed E-state index contributed by atoms with van der Waals surface area (Å²) in [7, 11) is 1.40. The van der Waals surface area contributed by atoms with E-state index in [9.17, 15) is 14.7 Å². The van der Waals surface area contributed by atoms with Gasteiger partial charge in [0.05, 0.1) is 0 Å². The molecule has 0 unspecified atom stereocenters. The topological polar surface area (TPSA) is 117 Å². The zero-order chi connectivity index (χ0) is 23.1. The Morgan fingerprint density at radius 2 is 1.72 bits per heavy atom. The first-order valence-corrected chi connectivity index (χ1v) is 10.3. The zero-order valence-corrected chi connectivity index (χ0v) is 18.6. The quantitative estimate of drug-likeness (QED) is 0.212. The molecule has 0 saturated carbocycles. The number of carbonyl (C=O) groups is 2. The van der Waals surface area contributed by atoms with Crippen LogP contribution >= 0.6 is 15.9 Å². The second-order valence-electron chi connectivity index (χ2n) is 6.71. The number of carbonyl (C=O) groups excluding carboxylic acids is 2. The van der Waals surface area contributed by atoms with E-state index in [1.165, 1.54) is 24.7 Å². The number of hydrogen-bond donors (Lipinski definition) is 4. The number of nitrogens with one attached hydrogen (secondary N) is 2. The number of hydroxylamine groups is 1. The van der Waals surface area contributed by atoms with E-state index in [1.807, 2.05) is 0 Å². The van der Waals surface area contributed by atoms with E-state index in [0.29, 0.717) is 22.0 Å². The lowest BCUT2D eigenvalue weighted by Crippen LogP contribution is -2.27. The van der Waals surface area contributed by atoms with Crippen LogP contribution in [0.1, 0.15) is 11.7 Å². The number of rotatable bonds is 7. The number of phenolic OH excluding ortho intramolecular Hbond substituents is 1. The van der Waals surface area contributed by atoms with Crippen LogP contribution in [0.25, 0.3) is 10.8 Å². The first-order valence-electron chi connectivity index (χ1n) is 9.51. The van der Waals surface area contributed by atoms with Crippen LogP contribution < -0.4 is 10.8 Å². The number of halogens is 1. The van der Waals surface area contributed by atoms with Crippen molar-refractivity contribution in [3.8, 4) is 5.75 Å². The van der Waals surface area contributed by atoms with Gasteiger partial charge in [-0.05, 0) is 41.8 Å². The van der Waals surface area contributed by atoms with Gasteiger partial charge in [0.1, 0.15) is 11.9 Å². The lowest BCUT2D eigenvalue weighted by atomic mass is 9.96. The van der Waals surface area contributed by atoms with Crippen molar-refractivity contribution < 1.29 is 29.4 Å². The molecule has 3 aromatic carbocycles.